The van der Waals surface area contributed by atoms with Gasteiger partial charge < -0.3 is 9.64 Å². The van der Waals surface area contributed by atoms with Crippen LogP contribution in [0.1, 0.15) is 18.4 Å². The van der Waals surface area contributed by atoms with Crippen molar-refractivity contribution in [1.82, 2.24) is 4.72 Å². The van der Waals surface area contributed by atoms with E-state index in [2.05, 4.69) is 4.72 Å². The second-order valence-electron chi connectivity index (χ2n) is 6.26. The Morgan fingerprint density at radius 3 is 2.56 bits per heavy atom. The number of sulfonamides is 1. The Morgan fingerprint density at radius 1 is 1.19 bits per heavy atom. The van der Waals surface area contributed by atoms with Crippen LogP contribution in [0.4, 0.5) is 10.1 Å². The first-order valence-corrected chi connectivity index (χ1v) is 10.1. The number of amides is 1. The van der Waals surface area contributed by atoms with E-state index in [9.17, 15) is 17.6 Å². The molecule has 27 heavy (non-hydrogen) atoms. The highest BCUT2D eigenvalue weighted by Gasteiger charge is 2.26. The van der Waals surface area contributed by atoms with E-state index in [1.54, 1.807) is 23.1 Å². The summed E-state index contributed by atoms with van der Waals surface area (Å²) in [6, 6.07) is 10.4. The summed E-state index contributed by atoms with van der Waals surface area (Å²) in [5, 5.41) is 0. The number of carbonyl (C=O) groups excluding carboxylic acids is 1. The van der Waals surface area contributed by atoms with Crippen LogP contribution in [0.5, 0.6) is 5.75 Å². The molecule has 1 aliphatic rings. The smallest absolute Gasteiger partial charge is 0.240 e. The van der Waals surface area contributed by atoms with E-state index in [0.717, 1.165) is 12.0 Å². The first kappa shape index (κ1) is 19.3. The highest BCUT2D eigenvalue weighted by molar-refractivity contribution is 7.89. The molecule has 1 fully saturated rings. The Labute approximate surface area is 158 Å². The Morgan fingerprint density at radius 2 is 1.93 bits per heavy atom. The first-order chi connectivity index (χ1) is 12.9. The lowest BCUT2D eigenvalue weighted by Gasteiger charge is -2.20. The molecule has 1 saturated heterocycles. The Bertz CT molecular complexity index is 929. The number of benzene rings is 2. The molecule has 6 nitrogen and oxygen atoms in total. The predicted molar refractivity (Wildman–Crippen MR) is 99.9 cm³/mol. The molecular formula is C19H21FN2O4S. The zero-order valence-corrected chi connectivity index (χ0v) is 15.8. The topological polar surface area (TPSA) is 75.7 Å². The molecule has 8 heteroatoms. The van der Waals surface area contributed by atoms with E-state index in [1.165, 1.54) is 31.4 Å². The van der Waals surface area contributed by atoms with Crippen molar-refractivity contribution in [1.29, 1.82) is 0 Å². The normalized spacial score (nSPS) is 14.6. The summed E-state index contributed by atoms with van der Waals surface area (Å²) in [6.07, 6.45) is 1.61. The van der Waals surface area contributed by atoms with Crippen LogP contribution in [0.2, 0.25) is 0 Å². The standard InChI is InChI=1S/C19H21FN2O4S/c1-26-18-9-8-16(13-17(18)22-12-2-3-19(22)23)27(24,25)21-11-10-14-4-6-15(20)7-5-14/h4-9,13,21H,2-3,10-12H2,1H3. The minimum absolute atomic E-state index is 0.0490. The number of hydrogen-bond acceptors (Lipinski definition) is 4. The summed E-state index contributed by atoms with van der Waals surface area (Å²) in [6.45, 7) is 0.717. The average Bonchev–Trinajstić information content (AvgIpc) is 3.08. The van der Waals surface area contributed by atoms with Gasteiger partial charge in [0.2, 0.25) is 15.9 Å². The fourth-order valence-electron chi connectivity index (χ4n) is 3.01. The molecule has 144 valence electrons. The molecule has 0 atom stereocenters. The molecule has 0 radical (unpaired) electrons. The van der Waals surface area contributed by atoms with E-state index in [0.29, 0.717) is 30.8 Å². The van der Waals surface area contributed by atoms with Gasteiger partial charge >= 0.3 is 0 Å². The van der Waals surface area contributed by atoms with Crippen molar-refractivity contribution in [3.05, 3.63) is 53.8 Å². The molecule has 1 amide bonds. The van der Waals surface area contributed by atoms with Crippen LogP contribution in [0, 0.1) is 5.82 Å². The maximum Gasteiger partial charge on any atom is 0.240 e. The van der Waals surface area contributed by atoms with Gasteiger partial charge in [0.05, 0.1) is 17.7 Å². The van der Waals surface area contributed by atoms with Crippen molar-refractivity contribution in [3.8, 4) is 5.75 Å². The van der Waals surface area contributed by atoms with E-state index < -0.39 is 10.0 Å². The monoisotopic (exact) mass is 392 g/mol. The minimum Gasteiger partial charge on any atom is -0.495 e. The Balaban J connectivity index is 1.75. The maximum absolute atomic E-state index is 12.9. The van der Waals surface area contributed by atoms with Crippen LogP contribution in [0.15, 0.2) is 47.4 Å². The van der Waals surface area contributed by atoms with Crippen LogP contribution in [0.3, 0.4) is 0 Å². The number of hydrogen-bond donors (Lipinski definition) is 1. The molecule has 2 aromatic carbocycles. The largest absolute Gasteiger partial charge is 0.495 e. The van der Waals surface area contributed by atoms with Crippen LogP contribution >= 0.6 is 0 Å². The van der Waals surface area contributed by atoms with Gasteiger partial charge in [-0.25, -0.2) is 17.5 Å². The molecule has 1 N–H and O–H groups in total. The summed E-state index contributed by atoms with van der Waals surface area (Å²) >= 11 is 0. The highest BCUT2D eigenvalue weighted by Crippen LogP contribution is 2.33. The second kappa shape index (κ2) is 8.06. The Hall–Kier alpha value is -2.45. The van der Waals surface area contributed by atoms with Gasteiger partial charge in [0, 0.05) is 19.5 Å². The van der Waals surface area contributed by atoms with Crippen molar-refractivity contribution in [2.24, 2.45) is 0 Å². The predicted octanol–water partition coefficient (Wildman–Crippen LogP) is 2.48. The molecule has 0 aliphatic carbocycles. The van der Waals surface area contributed by atoms with Crippen LogP contribution in [-0.2, 0) is 21.2 Å². The molecule has 0 bridgehead atoms. The van der Waals surface area contributed by atoms with Gasteiger partial charge in [-0.15, -0.1) is 0 Å². The minimum atomic E-state index is -3.75. The lowest BCUT2D eigenvalue weighted by atomic mass is 10.1. The second-order valence-corrected chi connectivity index (χ2v) is 8.02. The van der Waals surface area contributed by atoms with Gasteiger partial charge in [-0.05, 0) is 48.7 Å². The van der Waals surface area contributed by atoms with E-state index >= 15 is 0 Å². The summed E-state index contributed by atoms with van der Waals surface area (Å²) in [4.78, 5) is 13.7. The lowest BCUT2D eigenvalue weighted by molar-refractivity contribution is -0.117. The number of nitrogens with zero attached hydrogens (tertiary/aromatic N) is 1. The molecule has 1 aliphatic heterocycles. The number of halogens is 1. The summed E-state index contributed by atoms with van der Waals surface area (Å²) in [7, 11) is -2.27. The third kappa shape index (κ3) is 4.45. The van der Waals surface area contributed by atoms with Gasteiger partial charge in [0.15, 0.2) is 0 Å². The average molecular weight is 392 g/mol. The molecular weight excluding hydrogens is 371 g/mol. The highest BCUT2D eigenvalue weighted by atomic mass is 32.2. The van der Waals surface area contributed by atoms with E-state index in [-0.39, 0.29) is 23.2 Å². The van der Waals surface area contributed by atoms with Crippen molar-refractivity contribution >= 4 is 21.6 Å². The van der Waals surface area contributed by atoms with Crippen molar-refractivity contribution < 1.29 is 22.3 Å². The summed E-state index contributed by atoms with van der Waals surface area (Å²) in [5.74, 6) is 0.0733. The first-order valence-electron chi connectivity index (χ1n) is 8.63. The third-order valence-corrected chi connectivity index (χ3v) is 5.90. The quantitative estimate of drug-likeness (QED) is 0.786. The number of rotatable bonds is 7. The third-order valence-electron chi connectivity index (χ3n) is 4.44. The van der Waals surface area contributed by atoms with Crippen LogP contribution < -0.4 is 14.4 Å². The van der Waals surface area contributed by atoms with E-state index in [1.807, 2.05) is 0 Å². The molecule has 1 heterocycles. The van der Waals surface area contributed by atoms with E-state index in [4.69, 9.17) is 4.74 Å². The molecule has 0 saturated carbocycles. The SMILES string of the molecule is COc1ccc(S(=O)(=O)NCCc2ccc(F)cc2)cc1N1CCCC1=O. The van der Waals surface area contributed by atoms with Gasteiger partial charge in [0.25, 0.3) is 0 Å². The zero-order chi connectivity index (χ0) is 19.4. The van der Waals surface area contributed by atoms with Crippen molar-refractivity contribution in [2.45, 2.75) is 24.2 Å². The molecule has 0 unspecified atom stereocenters. The summed E-state index contributed by atoms with van der Waals surface area (Å²) in [5.41, 5.74) is 1.29. The van der Waals surface area contributed by atoms with Gasteiger partial charge in [0.1, 0.15) is 11.6 Å². The molecule has 0 spiro atoms. The number of anilines is 1. The zero-order valence-electron chi connectivity index (χ0n) is 14.9. The molecule has 2 aromatic rings. The fraction of sp³-hybridized carbons (Fsp3) is 0.316. The van der Waals surface area contributed by atoms with Gasteiger partial charge in [-0.1, -0.05) is 12.1 Å². The molecule has 3 rings (SSSR count). The lowest BCUT2D eigenvalue weighted by Crippen LogP contribution is -2.27. The van der Waals surface area contributed by atoms with Crippen molar-refractivity contribution in [2.75, 3.05) is 25.1 Å². The van der Waals surface area contributed by atoms with Crippen LogP contribution in [-0.4, -0.2) is 34.5 Å². The van der Waals surface area contributed by atoms with Crippen molar-refractivity contribution in [3.63, 3.8) is 0 Å². The van der Waals surface area contributed by atoms with Crippen LogP contribution in [0.25, 0.3) is 0 Å². The maximum atomic E-state index is 12.9. The number of methoxy groups -OCH3 is 1. The molecule has 0 aromatic heterocycles. The fourth-order valence-corrected chi connectivity index (χ4v) is 4.07. The van der Waals surface area contributed by atoms with Gasteiger partial charge in [-0.3, -0.25) is 4.79 Å². The number of carbonyl (C=O) groups is 1. The Kier molecular flexibility index (Phi) is 5.76. The number of nitrogens with one attached hydrogen (secondary N) is 1. The number of ether oxygens (including phenoxy) is 1. The summed E-state index contributed by atoms with van der Waals surface area (Å²) < 4.78 is 46.0. The van der Waals surface area contributed by atoms with Gasteiger partial charge in [-0.2, -0.15) is 0 Å².